The summed E-state index contributed by atoms with van der Waals surface area (Å²) in [5, 5.41) is 2.94. The average molecular weight is 152 g/mol. The Bertz CT molecular complexity index is 251. The average Bonchev–Trinajstić information content (AvgIpc) is 2.30. The van der Waals surface area contributed by atoms with Crippen molar-refractivity contribution in [2.24, 2.45) is 4.99 Å². The molecule has 3 heteroatoms. The first kappa shape index (κ1) is 7.98. The molecule has 1 aliphatic rings. The van der Waals surface area contributed by atoms with Crippen LogP contribution in [0.25, 0.3) is 0 Å². The third-order valence-corrected chi connectivity index (χ3v) is 1.80. The number of Topliss-reactive ketones (excluding diaryl/α,β-unsaturated/α-hetero) is 1. The van der Waals surface area contributed by atoms with Crippen LogP contribution in [0.4, 0.5) is 0 Å². The SMILES string of the molecule is CNC1=NC(C)=C(C(C)=O)C1. The van der Waals surface area contributed by atoms with Gasteiger partial charge in [0.2, 0.25) is 0 Å². The lowest BCUT2D eigenvalue weighted by Crippen LogP contribution is -2.16. The summed E-state index contributed by atoms with van der Waals surface area (Å²) in [4.78, 5) is 15.1. The van der Waals surface area contributed by atoms with Crippen molar-refractivity contribution in [3.05, 3.63) is 11.3 Å². The van der Waals surface area contributed by atoms with Crippen molar-refractivity contribution in [2.75, 3.05) is 7.05 Å². The van der Waals surface area contributed by atoms with E-state index in [1.54, 1.807) is 6.92 Å². The van der Waals surface area contributed by atoms with Gasteiger partial charge in [-0.25, -0.2) is 4.99 Å². The zero-order chi connectivity index (χ0) is 8.43. The van der Waals surface area contributed by atoms with E-state index in [4.69, 9.17) is 0 Å². The van der Waals surface area contributed by atoms with Crippen LogP contribution in [0.1, 0.15) is 20.3 Å². The Labute approximate surface area is 66.2 Å². The van der Waals surface area contributed by atoms with Gasteiger partial charge in [0.15, 0.2) is 5.78 Å². The molecule has 0 aromatic heterocycles. The first-order valence-corrected chi connectivity index (χ1v) is 3.61. The van der Waals surface area contributed by atoms with Crippen LogP contribution in [-0.2, 0) is 4.79 Å². The van der Waals surface area contributed by atoms with Gasteiger partial charge in [-0.15, -0.1) is 0 Å². The van der Waals surface area contributed by atoms with Gasteiger partial charge in [-0.3, -0.25) is 4.79 Å². The molecule has 0 spiro atoms. The highest BCUT2D eigenvalue weighted by atomic mass is 16.1. The molecule has 0 fully saturated rings. The van der Waals surface area contributed by atoms with Crippen molar-refractivity contribution in [1.82, 2.24) is 5.32 Å². The molecule has 0 unspecified atom stereocenters. The number of carbonyl (C=O) groups is 1. The summed E-state index contributed by atoms with van der Waals surface area (Å²) >= 11 is 0. The maximum Gasteiger partial charge on any atom is 0.158 e. The highest BCUT2D eigenvalue weighted by molar-refractivity contribution is 6.03. The molecule has 60 valence electrons. The first-order chi connectivity index (χ1) is 5.15. The van der Waals surface area contributed by atoms with Crippen LogP contribution >= 0.6 is 0 Å². The summed E-state index contributed by atoms with van der Waals surface area (Å²) in [5.41, 5.74) is 1.68. The van der Waals surface area contributed by atoms with Crippen molar-refractivity contribution >= 4 is 11.6 Å². The van der Waals surface area contributed by atoms with E-state index >= 15 is 0 Å². The van der Waals surface area contributed by atoms with Crippen LogP contribution in [0.15, 0.2) is 16.3 Å². The molecule has 1 N–H and O–H groups in total. The molecule has 1 rings (SSSR count). The minimum atomic E-state index is 0.122. The van der Waals surface area contributed by atoms with Crippen molar-refractivity contribution in [3.63, 3.8) is 0 Å². The summed E-state index contributed by atoms with van der Waals surface area (Å²) in [5.74, 6) is 1.00. The summed E-state index contributed by atoms with van der Waals surface area (Å²) in [6.07, 6.45) is 0.664. The normalized spacial score (nSPS) is 16.8. The van der Waals surface area contributed by atoms with E-state index in [9.17, 15) is 4.79 Å². The third-order valence-electron chi connectivity index (χ3n) is 1.80. The summed E-state index contributed by atoms with van der Waals surface area (Å²) in [7, 11) is 1.81. The second-order valence-corrected chi connectivity index (χ2v) is 2.61. The minimum Gasteiger partial charge on any atom is -0.376 e. The lowest BCUT2D eigenvalue weighted by molar-refractivity contribution is -0.113. The third kappa shape index (κ3) is 1.48. The fraction of sp³-hybridized carbons (Fsp3) is 0.500. The maximum absolute atomic E-state index is 11.0. The number of hydrogen-bond acceptors (Lipinski definition) is 3. The number of hydrogen-bond donors (Lipinski definition) is 1. The smallest absolute Gasteiger partial charge is 0.158 e. The van der Waals surface area contributed by atoms with Gasteiger partial charge in [0, 0.05) is 24.7 Å². The van der Waals surface area contributed by atoms with E-state index in [1.807, 2.05) is 14.0 Å². The van der Waals surface area contributed by atoms with Crippen LogP contribution in [0.5, 0.6) is 0 Å². The Hall–Kier alpha value is -1.12. The van der Waals surface area contributed by atoms with E-state index in [1.165, 1.54) is 0 Å². The number of nitrogens with one attached hydrogen (secondary N) is 1. The molecule has 0 atom stereocenters. The Morgan fingerprint density at radius 2 is 2.27 bits per heavy atom. The molecule has 1 aliphatic heterocycles. The molecule has 0 aromatic rings. The molecule has 3 nitrogen and oxygen atoms in total. The highest BCUT2D eigenvalue weighted by Gasteiger charge is 2.16. The lowest BCUT2D eigenvalue weighted by atomic mass is 10.1. The van der Waals surface area contributed by atoms with Crippen LogP contribution in [-0.4, -0.2) is 18.7 Å². The van der Waals surface area contributed by atoms with Crippen LogP contribution < -0.4 is 5.32 Å². The predicted molar refractivity (Wildman–Crippen MR) is 44.5 cm³/mol. The summed E-state index contributed by atoms with van der Waals surface area (Å²) in [6.45, 7) is 3.44. The molecular weight excluding hydrogens is 140 g/mol. The number of ketones is 1. The molecule has 0 aliphatic carbocycles. The Morgan fingerprint density at radius 1 is 1.64 bits per heavy atom. The molecule has 0 saturated heterocycles. The minimum absolute atomic E-state index is 0.122. The van der Waals surface area contributed by atoms with Gasteiger partial charge in [-0.05, 0) is 13.8 Å². The number of aliphatic imine (C=N–C) groups is 1. The summed E-state index contributed by atoms with van der Waals surface area (Å²) < 4.78 is 0. The zero-order valence-corrected chi connectivity index (χ0v) is 7.06. The monoisotopic (exact) mass is 152 g/mol. The Balaban J connectivity index is 2.78. The molecule has 0 saturated carbocycles. The van der Waals surface area contributed by atoms with E-state index in [-0.39, 0.29) is 5.78 Å². The van der Waals surface area contributed by atoms with Crippen LogP contribution in [0.3, 0.4) is 0 Å². The van der Waals surface area contributed by atoms with E-state index < -0.39 is 0 Å². The highest BCUT2D eigenvalue weighted by Crippen LogP contribution is 2.18. The quantitative estimate of drug-likeness (QED) is 0.605. The molecule has 0 aromatic carbocycles. The topological polar surface area (TPSA) is 41.5 Å². The molecule has 0 bridgehead atoms. The number of rotatable bonds is 1. The summed E-state index contributed by atoms with van der Waals surface area (Å²) in [6, 6.07) is 0. The second-order valence-electron chi connectivity index (χ2n) is 2.61. The van der Waals surface area contributed by atoms with Crippen molar-refractivity contribution in [1.29, 1.82) is 0 Å². The number of amidine groups is 1. The molecule has 0 amide bonds. The van der Waals surface area contributed by atoms with Gasteiger partial charge < -0.3 is 5.32 Å². The number of carbonyl (C=O) groups excluding carboxylic acids is 1. The first-order valence-electron chi connectivity index (χ1n) is 3.61. The van der Waals surface area contributed by atoms with Gasteiger partial charge in [0.1, 0.15) is 5.84 Å². The Morgan fingerprint density at radius 3 is 2.55 bits per heavy atom. The van der Waals surface area contributed by atoms with Gasteiger partial charge in [0.05, 0.1) is 0 Å². The van der Waals surface area contributed by atoms with Gasteiger partial charge >= 0.3 is 0 Å². The van der Waals surface area contributed by atoms with Gasteiger partial charge in [-0.1, -0.05) is 0 Å². The second kappa shape index (κ2) is 2.86. The largest absolute Gasteiger partial charge is 0.376 e. The standard InChI is InChI=1S/C8H12N2O/c1-5-7(6(2)11)4-8(9-3)10-5/h4H2,1-3H3,(H,9,10). The van der Waals surface area contributed by atoms with E-state index in [0.717, 1.165) is 17.1 Å². The molecular formula is C8H12N2O. The van der Waals surface area contributed by atoms with E-state index in [2.05, 4.69) is 10.3 Å². The zero-order valence-electron chi connectivity index (χ0n) is 7.06. The van der Waals surface area contributed by atoms with Gasteiger partial charge in [-0.2, -0.15) is 0 Å². The Kier molecular flexibility index (Phi) is 2.08. The predicted octanol–water partition coefficient (Wildman–Crippen LogP) is 0.871. The number of nitrogens with zero attached hydrogens (tertiary/aromatic N) is 1. The van der Waals surface area contributed by atoms with Crippen molar-refractivity contribution in [3.8, 4) is 0 Å². The fourth-order valence-corrected chi connectivity index (χ4v) is 1.13. The van der Waals surface area contributed by atoms with Crippen LogP contribution in [0, 0.1) is 0 Å². The van der Waals surface area contributed by atoms with Crippen molar-refractivity contribution < 1.29 is 4.79 Å². The lowest BCUT2D eigenvalue weighted by Gasteiger charge is -1.97. The van der Waals surface area contributed by atoms with Crippen molar-refractivity contribution in [2.45, 2.75) is 20.3 Å². The maximum atomic E-state index is 11.0. The number of allylic oxidation sites excluding steroid dienone is 1. The molecule has 1 heterocycles. The van der Waals surface area contributed by atoms with Gasteiger partial charge in [0.25, 0.3) is 0 Å². The fourth-order valence-electron chi connectivity index (χ4n) is 1.13. The van der Waals surface area contributed by atoms with Crippen LogP contribution in [0.2, 0.25) is 0 Å². The van der Waals surface area contributed by atoms with E-state index in [0.29, 0.717) is 6.42 Å². The molecule has 11 heavy (non-hydrogen) atoms. The molecule has 0 radical (unpaired) electrons.